The van der Waals surface area contributed by atoms with Crippen LogP contribution in [0.2, 0.25) is 0 Å². The molecule has 20 heavy (non-hydrogen) atoms. The fourth-order valence-electron chi connectivity index (χ4n) is 2.32. The average Bonchev–Trinajstić information content (AvgIpc) is 2.47. The molecule has 0 aromatic heterocycles. The third-order valence-corrected chi connectivity index (χ3v) is 4.95. The van der Waals surface area contributed by atoms with E-state index < -0.39 is 16.2 Å². The second-order valence-electron chi connectivity index (χ2n) is 4.79. The van der Waals surface area contributed by atoms with Crippen LogP contribution in [0.25, 0.3) is 0 Å². The number of nitrogens with one attached hydrogen (secondary N) is 2. The van der Waals surface area contributed by atoms with E-state index in [1.165, 1.54) is 5.56 Å². The Balaban J connectivity index is 1.98. The molecule has 0 amide bonds. The summed E-state index contributed by atoms with van der Waals surface area (Å²) >= 11 is 0. The van der Waals surface area contributed by atoms with E-state index in [0.29, 0.717) is 10.6 Å². The van der Waals surface area contributed by atoms with Gasteiger partial charge in [-0.15, -0.1) is 0 Å². The van der Waals surface area contributed by atoms with Gasteiger partial charge in [-0.2, -0.15) is 4.72 Å². The standard InChI is InChI=1S/C15H16N2O2S/c1-2-11-7-9-12(10-8-11)15-16-13-5-3-4-6-14(13)20(18,19)17-15/h3-10,15-17H,2H2,1H3. The summed E-state index contributed by atoms with van der Waals surface area (Å²) in [5.41, 5.74) is 2.77. The lowest BCUT2D eigenvalue weighted by atomic mass is 10.1. The van der Waals surface area contributed by atoms with Crippen LogP contribution >= 0.6 is 0 Å². The maximum atomic E-state index is 12.2. The molecule has 2 aromatic carbocycles. The summed E-state index contributed by atoms with van der Waals surface area (Å²) in [7, 11) is -3.47. The molecule has 2 N–H and O–H groups in total. The van der Waals surface area contributed by atoms with Crippen molar-refractivity contribution in [3.05, 3.63) is 59.7 Å². The predicted octanol–water partition coefficient (Wildman–Crippen LogP) is 2.65. The summed E-state index contributed by atoms with van der Waals surface area (Å²) in [6.45, 7) is 2.09. The fraction of sp³-hybridized carbons (Fsp3) is 0.200. The Morgan fingerprint density at radius 3 is 2.45 bits per heavy atom. The highest BCUT2D eigenvalue weighted by molar-refractivity contribution is 7.89. The highest BCUT2D eigenvalue weighted by Gasteiger charge is 2.29. The Labute approximate surface area is 118 Å². The van der Waals surface area contributed by atoms with Gasteiger partial charge in [-0.1, -0.05) is 43.3 Å². The van der Waals surface area contributed by atoms with Gasteiger partial charge in [-0.05, 0) is 29.7 Å². The second-order valence-corrected chi connectivity index (χ2v) is 6.47. The van der Waals surface area contributed by atoms with Crippen molar-refractivity contribution >= 4 is 15.7 Å². The van der Waals surface area contributed by atoms with Gasteiger partial charge in [0.1, 0.15) is 11.1 Å². The van der Waals surface area contributed by atoms with Crippen molar-refractivity contribution in [1.82, 2.24) is 4.72 Å². The zero-order valence-electron chi connectivity index (χ0n) is 11.1. The first-order valence-electron chi connectivity index (χ1n) is 6.57. The number of benzene rings is 2. The molecule has 104 valence electrons. The first-order chi connectivity index (χ1) is 9.60. The minimum absolute atomic E-state index is 0.293. The van der Waals surface area contributed by atoms with Crippen molar-refractivity contribution < 1.29 is 8.42 Å². The highest BCUT2D eigenvalue weighted by Crippen LogP contribution is 2.30. The fourth-order valence-corrected chi connectivity index (χ4v) is 3.63. The number of hydrogen-bond acceptors (Lipinski definition) is 3. The molecule has 5 heteroatoms. The van der Waals surface area contributed by atoms with Gasteiger partial charge in [0.05, 0.1) is 5.69 Å². The van der Waals surface area contributed by atoms with E-state index >= 15 is 0 Å². The lowest BCUT2D eigenvalue weighted by Gasteiger charge is -2.28. The van der Waals surface area contributed by atoms with E-state index in [0.717, 1.165) is 12.0 Å². The van der Waals surface area contributed by atoms with Crippen molar-refractivity contribution in [2.24, 2.45) is 0 Å². The first kappa shape index (κ1) is 13.1. The first-order valence-corrected chi connectivity index (χ1v) is 8.05. The van der Waals surface area contributed by atoms with Crippen LogP contribution in [-0.4, -0.2) is 8.42 Å². The van der Waals surface area contributed by atoms with Gasteiger partial charge >= 0.3 is 0 Å². The smallest absolute Gasteiger partial charge is 0.244 e. The van der Waals surface area contributed by atoms with Gasteiger partial charge in [0.2, 0.25) is 10.0 Å². The van der Waals surface area contributed by atoms with E-state index in [9.17, 15) is 8.42 Å². The van der Waals surface area contributed by atoms with Crippen LogP contribution in [-0.2, 0) is 16.4 Å². The summed E-state index contributed by atoms with van der Waals surface area (Å²) in [6.07, 6.45) is 0.535. The van der Waals surface area contributed by atoms with Crippen LogP contribution in [0.4, 0.5) is 5.69 Å². The van der Waals surface area contributed by atoms with Crippen molar-refractivity contribution in [2.75, 3.05) is 5.32 Å². The van der Waals surface area contributed by atoms with E-state index in [4.69, 9.17) is 0 Å². The number of sulfonamides is 1. The maximum absolute atomic E-state index is 12.2. The maximum Gasteiger partial charge on any atom is 0.244 e. The lowest BCUT2D eigenvalue weighted by molar-refractivity contribution is 0.562. The largest absolute Gasteiger partial charge is 0.364 e. The quantitative estimate of drug-likeness (QED) is 0.893. The molecule has 1 aliphatic heterocycles. The summed E-state index contributed by atoms with van der Waals surface area (Å²) in [6, 6.07) is 14.9. The molecule has 0 spiro atoms. The second kappa shape index (κ2) is 4.92. The Hall–Kier alpha value is -1.85. The van der Waals surface area contributed by atoms with Crippen molar-refractivity contribution in [3.8, 4) is 0 Å². The van der Waals surface area contributed by atoms with Crippen LogP contribution < -0.4 is 10.0 Å². The average molecular weight is 288 g/mol. The van der Waals surface area contributed by atoms with Gasteiger partial charge < -0.3 is 5.32 Å². The summed E-state index contributed by atoms with van der Waals surface area (Å²) < 4.78 is 27.1. The van der Waals surface area contributed by atoms with Gasteiger partial charge in [0.25, 0.3) is 0 Å². The molecular weight excluding hydrogens is 272 g/mol. The molecule has 1 unspecified atom stereocenters. The van der Waals surface area contributed by atoms with E-state index in [1.807, 2.05) is 30.3 Å². The molecule has 1 heterocycles. The molecule has 0 radical (unpaired) electrons. The summed E-state index contributed by atoms with van der Waals surface area (Å²) in [4.78, 5) is 0.293. The normalized spacial score (nSPS) is 19.9. The summed E-state index contributed by atoms with van der Waals surface area (Å²) in [5.74, 6) is 0. The van der Waals surface area contributed by atoms with Crippen LogP contribution in [0, 0.1) is 0 Å². The molecule has 4 nitrogen and oxygen atoms in total. The molecule has 0 saturated heterocycles. The van der Waals surface area contributed by atoms with Gasteiger partial charge in [0, 0.05) is 0 Å². The van der Waals surface area contributed by atoms with Crippen molar-refractivity contribution in [2.45, 2.75) is 24.4 Å². The van der Waals surface area contributed by atoms with Crippen molar-refractivity contribution in [3.63, 3.8) is 0 Å². The number of para-hydroxylation sites is 1. The van der Waals surface area contributed by atoms with E-state index in [-0.39, 0.29) is 0 Å². The SMILES string of the molecule is CCc1ccc(C2Nc3ccccc3S(=O)(=O)N2)cc1. The number of fused-ring (bicyclic) bond motifs is 1. The Morgan fingerprint density at radius 2 is 1.75 bits per heavy atom. The van der Waals surface area contributed by atoms with Crippen LogP contribution in [0.5, 0.6) is 0 Å². The Morgan fingerprint density at radius 1 is 1.05 bits per heavy atom. The summed E-state index contributed by atoms with van der Waals surface area (Å²) in [5, 5.41) is 3.22. The predicted molar refractivity (Wildman–Crippen MR) is 78.9 cm³/mol. The minimum atomic E-state index is -3.47. The zero-order valence-corrected chi connectivity index (χ0v) is 11.9. The highest BCUT2D eigenvalue weighted by atomic mass is 32.2. The van der Waals surface area contributed by atoms with Gasteiger partial charge in [0.15, 0.2) is 0 Å². The molecule has 0 bridgehead atoms. The molecule has 0 fully saturated rings. The number of aryl methyl sites for hydroxylation is 1. The zero-order chi connectivity index (χ0) is 14.2. The van der Waals surface area contributed by atoms with E-state index in [2.05, 4.69) is 17.0 Å². The van der Waals surface area contributed by atoms with Gasteiger partial charge in [-0.3, -0.25) is 0 Å². The third kappa shape index (κ3) is 2.30. The van der Waals surface area contributed by atoms with Gasteiger partial charge in [-0.25, -0.2) is 8.42 Å². The van der Waals surface area contributed by atoms with Crippen LogP contribution in [0.15, 0.2) is 53.4 Å². The molecule has 0 aliphatic carbocycles. The molecule has 3 rings (SSSR count). The molecular formula is C15H16N2O2S. The molecule has 2 aromatic rings. The third-order valence-electron chi connectivity index (χ3n) is 3.47. The Kier molecular flexibility index (Phi) is 3.23. The number of anilines is 1. The van der Waals surface area contributed by atoms with Crippen LogP contribution in [0.3, 0.4) is 0 Å². The topological polar surface area (TPSA) is 58.2 Å². The van der Waals surface area contributed by atoms with Crippen molar-refractivity contribution in [1.29, 1.82) is 0 Å². The Bertz CT molecular complexity index is 724. The number of hydrogen-bond donors (Lipinski definition) is 2. The molecule has 0 saturated carbocycles. The van der Waals surface area contributed by atoms with E-state index in [1.54, 1.807) is 18.2 Å². The minimum Gasteiger partial charge on any atom is -0.364 e. The number of rotatable bonds is 2. The monoisotopic (exact) mass is 288 g/mol. The van der Waals surface area contributed by atoms with Crippen LogP contribution in [0.1, 0.15) is 24.2 Å². The molecule has 1 aliphatic rings. The molecule has 1 atom stereocenters. The lowest BCUT2D eigenvalue weighted by Crippen LogP contribution is -2.38.